The highest BCUT2D eigenvalue weighted by Crippen LogP contribution is 2.26. The molecule has 0 saturated carbocycles. The van der Waals surface area contributed by atoms with Gasteiger partial charge in [0.15, 0.2) is 5.82 Å². The van der Waals surface area contributed by atoms with E-state index in [1.165, 1.54) is 6.07 Å². The molecule has 130 valence electrons. The Balaban J connectivity index is 1.87. The smallest absolute Gasteiger partial charge is 0.241 e. The summed E-state index contributed by atoms with van der Waals surface area (Å²) in [4.78, 5) is 4.25. The van der Waals surface area contributed by atoms with E-state index in [-0.39, 0.29) is 16.5 Å². The third-order valence-corrected chi connectivity index (χ3v) is 5.45. The van der Waals surface area contributed by atoms with Crippen LogP contribution in [0.5, 0.6) is 0 Å². The first-order valence-electron chi connectivity index (χ1n) is 7.30. The molecule has 0 spiro atoms. The normalized spacial score (nSPS) is 17.7. The minimum absolute atomic E-state index is 0.0948. The molecule has 1 aromatic carbocycles. The van der Waals surface area contributed by atoms with Crippen LogP contribution in [0, 0.1) is 5.82 Å². The van der Waals surface area contributed by atoms with Crippen molar-refractivity contribution in [3.8, 4) is 0 Å². The molecule has 1 N–H and O–H groups in total. The van der Waals surface area contributed by atoms with Crippen molar-refractivity contribution in [2.45, 2.75) is 36.9 Å². The van der Waals surface area contributed by atoms with E-state index in [0.29, 0.717) is 24.6 Å². The van der Waals surface area contributed by atoms with Crippen molar-refractivity contribution >= 4 is 21.6 Å². The second kappa shape index (κ2) is 6.75. The third kappa shape index (κ3) is 3.44. The first kappa shape index (κ1) is 17.3. The van der Waals surface area contributed by atoms with E-state index >= 15 is 0 Å². The van der Waals surface area contributed by atoms with Crippen LogP contribution in [-0.2, 0) is 27.9 Å². The highest BCUT2D eigenvalue weighted by molar-refractivity contribution is 7.89. The van der Waals surface area contributed by atoms with Crippen molar-refractivity contribution < 1.29 is 17.5 Å². The van der Waals surface area contributed by atoms with Crippen LogP contribution < -0.4 is 4.72 Å². The van der Waals surface area contributed by atoms with Crippen molar-refractivity contribution in [3.05, 3.63) is 40.7 Å². The molecule has 1 unspecified atom stereocenters. The van der Waals surface area contributed by atoms with E-state index in [2.05, 4.69) is 14.8 Å². The summed E-state index contributed by atoms with van der Waals surface area (Å²) >= 11 is 5.67. The van der Waals surface area contributed by atoms with Gasteiger partial charge in [0, 0.05) is 13.7 Å². The summed E-state index contributed by atoms with van der Waals surface area (Å²) in [5.74, 6) is 0.380. The number of fused-ring (bicyclic) bond motifs is 1. The van der Waals surface area contributed by atoms with Crippen LogP contribution in [0.25, 0.3) is 0 Å². The van der Waals surface area contributed by atoms with Crippen LogP contribution in [0.3, 0.4) is 0 Å². The molecule has 1 aromatic heterocycles. The Morgan fingerprint density at radius 3 is 3.00 bits per heavy atom. The average Bonchev–Trinajstić information content (AvgIpc) is 2.94. The first-order chi connectivity index (χ1) is 11.4. The van der Waals surface area contributed by atoms with Gasteiger partial charge in [-0.3, -0.25) is 0 Å². The van der Waals surface area contributed by atoms with Gasteiger partial charge in [-0.15, -0.1) is 0 Å². The van der Waals surface area contributed by atoms with Gasteiger partial charge in [0.05, 0.1) is 16.0 Å². The molecule has 0 fully saturated rings. The number of aromatic nitrogens is 3. The number of nitrogens with zero attached hydrogens (tertiary/aromatic N) is 3. The summed E-state index contributed by atoms with van der Waals surface area (Å²) in [5.41, 5.74) is 0. The van der Waals surface area contributed by atoms with Gasteiger partial charge in [0.2, 0.25) is 10.0 Å². The van der Waals surface area contributed by atoms with Crippen LogP contribution in [0.15, 0.2) is 23.1 Å². The number of nitrogens with one attached hydrogen (secondary N) is 1. The van der Waals surface area contributed by atoms with E-state index in [1.54, 1.807) is 11.8 Å². The van der Waals surface area contributed by atoms with Crippen molar-refractivity contribution in [1.82, 2.24) is 19.5 Å². The van der Waals surface area contributed by atoms with Gasteiger partial charge in [-0.1, -0.05) is 11.6 Å². The molecule has 0 aliphatic carbocycles. The first-order valence-corrected chi connectivity index (χ1v) is 9.17. The van der Waals surface area contributed by atoms with Gasteiger partial charge in [0.1, 0.15) is 18.2 Å². The molecule has 0 amide bonds. The molecule has 1 aliphatic heterocycles. The number of rotatable bonds is 5. The molecule has 2 heterocycles. The summed E-state index contributed by atoms with van der Waals surface area (Å²) in [6, 6.07) is 2.78. The molecular weight excluding hydrogens is 359 g/mol. The topological polar surface area (TPSA) is 86.1 Å². The van der Waals surface area contributed by atoms with Crippen LogP contribution in [-0.4, -0.2) is 30.3 Å². The molecule has 3 rings (SSSR count). The number of ether oxygens (including phenoxy) is 1. The molecule has 24 heavy (non-hydrogen) atoms. The highest BCUT2D eigenvalue weighted by Gasteiger charge is 2.29. The number of hydrogen-bond acceptors (Lipinski definition) is 5. The second-order valence-corrected chi connectivity index (χ2v) is 7.56. The zero-order chi connectivity index (χ0) is 17.3. The minimum Gasteiger partial charge on any atom is -0.377 e. The Kier molecular flexibility index (Phi) is 4.86. The highest BCUT2D eigenvalue weighted by atomic mass is 35.5. The van der Waals surface area contributed by atoms with Crippen LogP contribution in [0.4, 0.5) is 4.39 Å². The summed E-state index contributed by atoms with van der Waals surface area (Å²) in [6.45, 7) is 0.930. The predicted octanol–water partition coefficient (Wildman–Crippen LogP) is 2.03. The maximum absolute atomic E-state index is 13.2. The van der Waals surface area contributed by atoms with Gasteiger partial charge >= 0.3 is 0 Å². The Labute approximate surface area is 143 Å². The van der Waals surface area contributed by atoms with E-state index < -0.39 is 21.9 Å². The van der Waals surface area contributed by atoms with Crippen molar-refractivity contribution in [3.63, 3.8) is 0 Å². The van der Waals surface area contributed by atoms with Crippen molar-refractivity contribution in [2.75, 3.05) is 7.11 Å². The lowest BCUT2D eigenvalue weighted by Crippen LogP contribution is -2.33. The second-order valence-electron chi connectivity index (χ2n) is 5.43. The zero-order valence-corrected chi connectivity index (χ0v) is 14.4. The lowest BCUT2D eigenvalue weighted by atomic mass is 10.1. The average molecular weight is 375 g/mol. The molecule has 0 radical (unpaired) electrons. The van der Waals surface area contributed by atoms with Crippen LogP contribution in [0.2, 0.25) is 5.02 Å². The molecule has 2 aromatic rings. The number of halogens is 2. The fraction of sp³-hybridized carbons (Fsp3) is 0.429. The van der Waals surface area contributed by atoms with Crippen LogP contribution >= 0.6 is 11.6 Å². The maximum atomic E-state index is 13.2. The van der Waals surface area contributed by atoms with E-state index in [0.717, 1.165) is 18.6 Å². The van der Waals surface area contributed by atoms with E-state index in [1.807, 2.05) is 0 Å². The Morgan fingerprint density at radius 2 is 2.29 bits per heavy atom. The molecule has 1 atom stereocenters. The van der Waals surface area contributed by atoms with Gasteiger partial charge in [-0.05, 0) is 31.0 Å². The number of hydrogen-bond donors (Lipinski definition) is 1. The largest absolute Gasteiger partial charge is 0.377 e. The maximum Gasteiger partial charge on any atom is 0.241 e. The molecule has 7 nitrogen and oxygen atoms in total. The third-order valence-electron chi connectivity index (χ3n) is 3.69. The monoisotopic (exact) mass is 374 g/mol. The fourth-order valence-corrected chi connectivity index (χ4v) is 4.10. The quantitative estimate of drug-likeness (QED) is 0.865. The fourth-order valence-electron chi connectivity index (χ4n) is 2.60. The Bertz CT molecular complexity index is 856. The van der Waals surface area contributed by atoms with E-state index in [4.69, 9.17) is 16.3 Å². The number of sulfonamides is 1. The van der Waals surface area contributed by atoms with Gasteiger partial charge in [-0.2, -0.15) is 5.10 Å². The molecule has 1 aliphatic rings. The number of benzene rings is 1. The lowest BCUT2D eigenvalue weighted by Gasteiger charge is -2.23. The zero-order valence-electron chi connectivity index (χ0n) is 12.9. The summed E-state index contributed by atoms with van der Waals surface area (Å²) in [6.07, 6.45) is 1.36. The van der Waals surface area contributed by atoms with Crippen LogP contribution in [0.1, 0.15) is 30.5 Å². The standard InChI is InChI=1S/C14H16ClFN4O3S/c1-23-8-13-17-14-12(3-2-6-20(14)18-13)19-24(21,22)9-4-5-11(16)10(15)7-9/h4-5,7,12,19H,2-3,6,8H2,1H3. The Morgan fingerprint density at radius 1 is 1.50 bits per heavy atom. The van der Waals surface area contributed by atoms with Gasteiger partial charge < -0.3 is 4.74 Å². The van der Waals surface area contributed by atoms with Crippen molar-refractivity contribution in [1.29, 1.82) is 0 Å². The number of methoxy groups -OCH3 is 1. The molecular formula is C14H16ClFN4O3S. The molecule has 10 heteroatoms. The summed E-state index contributed by atoms with van der Waals surface area (Å²) in [5, 5.41) is 4.05. The van der Waals surface area contributed by atoms with Gasteiger partial charge in [-0.25, -0.2) is 27.2 Å². The molecule has 0 saturated heterocycles. The minimum atomic E-state index is -3.86. The predicted molar refractivity (Wildman–Crippen MR) is 84.4 cm³/mol. The van der Waals surface area contributed by atoms with Crippen molar-refractivity contribution in [2.24, 2.45) is 0 Å². The van der Waals surface area contributed by atoms with E-state index in [9.17, 15) is 12.8 Å². The Hall–Kier alpha value is -1.55. The SMILES string of the molecule is COCc1nc2n(n1)CCCC2NS(=O)(=O)c1ccc(F)c(Cl)c1. The lowest BCUT2D eigenvalue weighted by molar-refractivity contribution is 0.177. The summed E-state index contributed by atoms with van der Waals surface area (Å²) in [7, 11) is -2.32. The number of aryl methyl sites for hydroxylation is 1. The summed E-state index contributed by atoms with van der Waals surface area (Å²) < 4.78 is 47.6. The molecule has 0 bridgehead atoms. The van der Waals surface area contributed by atoms with Gasteiger partial charge in [0.25, 0.3) is 0 Å².